The number of carbonyl (C=O) groups is 2. The van der Waals surface area contributed by atoms with Crippen molar-refractivity contribution < 1.29 is 14.3 Å². The molecule has 2 aromatic heterocycles. The summed E-state index contributed by atoms with van der Waals surface area (Å²) in [6.07, 6.45) is 7.70. The van der Waals surface area contributed by atoms with Gasteiger partial charge in [-0.3, -0.25) is 9.78 Å². The predicted molar refractivity (Wildman–Crippen MR) is 110 cm³/mol. The van der Waals surface area contributed by atoms with E-state index in [-0.39, 0.29) is 5.91 Å². The van der Waals surface area contributed by atoms with E-state index in [2.05, 4.69) is 22.4 Å². The van der Waals surface area contributed by atoms with Crippen molar-refractivity contribution in [1.29, 1.82) is 0 Å². The lowest BCUT2D eigenvalue weighted by Crippen LogP contribution is -2.14. The summed E-state index contributed by atoms with van der Waals surface area (Å²) in [5.41, 5.74) is 5.36. The summed E-state index contributed by atoms with van der Waals surface area (Å²) in [6.45, 7) is 0. The first kappa shape index (κ1) is 18.4. The molecule has 4 rings (SSSR count). The normalized spacial score (nSPS) is 12.9. The molecular weight excluding hydrogens is 372 g/mol. The number of amides is 1. The summed E-state index contributed by atoms with van der Waals surface area (Å²) < 4.78 is 5.00. The highest BCUT2D eigenvalue weighted by atomic mass is 32.1. The standard InChI is InChI=1S/C22H20N2O3S/c1-27-22(26)19-18(17-7-6-14-4-2-3-5-16(14)12-17)13-28-21(19)24-20(25)15-8-10-23-11-9-15/h6-13H,2-5H2,1H3,(H,24,25). The van der Waals surface area contributed by atoms with Crippen molar-refractivity contribution in [3.8, 4) is 11.1 Å². The molecule has 0 saturated heterocycles. The number of pyridine rings is 1. The van der Waals surface area contributed by atoms with Crippen LogP contribution in [0, 0.1) is 0 Å². The maximum Gasteiger partial charge on any atom is 0.341 e. The van der Waals surface area contributed by atoms with E-state index in [9.17, 15) is 9.59 Å². The number of fused-ring (bicyclic) bond motifs is 1. The van der Waals surface area contributed by atoms with Gasteiger partial charge in [0, 0.05) is 28.9 Å². The van der Waals surface area contributed by atoms with E-state index < -0.39 is 5.97 Å². The summed E-state index contributed by atoms with van der Waals surface area (Å²) in [5.74, 6) is -0.745. The van der Waals surface area contributed by atoms with Crippen molar-refractivity contribution in [3.05, 3.63) is 70.4 Å². The molecule has 1 N–H and O–H groups in total. The maximum atomic E-state index is 12.5. The average Bonchev–Trinajstić information content (AvgIpc) is 3.17. The Labute approximate surface area is 167 Å². The van der Waals surface area contributed by atoms with Crippen LogP contribution >= 0.6 is 11.3 Å². The average molecular weight is 392 g/mol. The number of carbonyl (C=O) groups excluding carboxylic acids is 2. The molecule has 3 aromatic rings. The highest BCUT2D eigenvalue weighted by Crippen LogP contribution is 2.38. The molecule has 0 aliphatic heterocycles. The van der Waals surface area contributed by atoms with Crippen molar-refractivity contribution >= 4 is 28.2 Å². The summed E-state index contributed by atoms with van der Waals surface area (Å²) in [5, 5.41) is 5.23. The van der Waals surface area contributed by atoms with E-state index in [4.69, 9.17) is 4.74 Å². The molecule has 2 heterocycles. The molecule has 142 valence electrons. The Bertz CT molecular complexity index is 1030. The van der Waals surface area contributed by atoms with Gasteiger partial charge in [-0.2, -0.15) is 0 Å². The first-order chi connectivity index (χ1) is 13.7. The van der Waals surface area contributed by atoms with Gasteiger partial charge in [0.25, 0.3) is 5.91 Å². The SMILES string of the molecule is COC(=O)c1c(-c2ccc3c(c2)CCCC3)csc1NC(=O)c1ccncc1. The molecule has 0 bridgehead atoms. The molecule has 1 amide bonds. The number of nitrogens with one attached hydrogen (secondary N) is 1. The Balaban J connectivity index is 1.71. The Morgan fingerprint density at radius 2 is 1.82 bits per heavy atom. The summed E-state index contributed by atoms with van der Waals surface area (Å²) >= 11 is 1.33. The number of methoxy groups -OCH3 is 1. The molecule has 0 unspecified atom stereocenters. The van der Waals surface area contributed by atoms with E-state index >= 15 is 0 Å². The van der Waals surface area contributed by atoms with E-state index in [1.165, 1.54) is 42.4 Å². The zero-order valence-corrected chi connectivity index (χ0v) is 16.3. The molecule has 0 radical (unpaired) electrons. The van der Waals surface area contributed by atoms with Crippen LogP contribution in [0.1, 0.15) is 44.7 Å². The van der Waals surface area contributed by atoms with Gasteiger partial charge in [0.2, 0.25) is 0 Å². The first-order valence-corrected chi connectivity index (χ1v) is 10.1. The molecule has 1 aliphatic rings. The molecular formula is C22H20N2O3S. The summed E-state index contributed by atoms with van der Waals surface area (Å²) in [6, 6.07) is 9.62. The second-order valence-corrected chi connectivity index (χ2v) is 7.61. The fourth-order valence-corrected chi connectivity index (χ4v) is 4.50. The first-order valence-electron chi connectivity index (χ1n) is 9.20. The smallest absolute Gasteiger partial charge is 0.341 e. The molecule has 0 atom stereocenters. The number of ether oxygens (including phenoxy) is 1. The molecule has 0 spiro atoms. The van der Waals surface area contributed by atoms with E-state index in [0.29, 0.717) is 16.1 Å². The van der Waals surface area contributed by atoms with Crippen molar-refractivity contribution in [2.75, 3.05) is 12.4 Å². The monoisotopic (exact) mass is 392 g/mol. The van der Waals surface area contributed by atoms with Crippen molar-refractivity contribution in [2.24, 2.45) is 0 Å². The summed E-state index contributed by atoms with van der Waals surface area (Å²) in [7, 11) is 1.35. The van der Waals surface area contributed by atoms with Crippen molar-refractivity contribution in [2.45, 2.75) is 25.7 Å². The third-order valence-corrected chi connectivity index (χ3v) is 5.91. The third-order valence-electron chi connectivity index (χ3n) is 5.01. The number of esters is 1. The van der Waals surface area contributed by atoms with Crippen molar-refractivity contribution in [1.82, 2.24) is 4.98 Å². The number of nitrogens with zero attached hydrogens (tertiary/aromatic N) is 1. The predicted octanol–water partition coefficient (Wildman–Crippen LogP) is 4.73. The van der Waals surface area contributed by atoms with Crippen molar-refractivity contribution in [3.63, 3.8) is 0 Å². The van der Waals surface area contributed by atoms with E-state index in [1.54, 1.807) is 24.5 Å². The molecule has 28 heavy (non-hydrogen) atoms. The number of hydrogen-bond donors (Lipinski definition) is 1. The molecule has 0 fully saturated rings. The minimum atomic E-state index is -0.459. The van der Waals surface area contributed by atoms with Gasteiger partial charge in [-0.15, -0.1) is 11.3 Å². The number of aryl methyl sites for hydroxylation is 2. The van der Waals surface area contributed by atoms with Crippen LogP contribution in [-0.4, -0.2) is 24.0 Å². The minimum absolute atomic E-state index is 0.286. The van der Waals surface area contributed by atoms with Gasteiger partial charge in [0.15, 0.2) is 0 Å². The van der Waals surface area contributed by atoms with Crippen LogP contribution in [0.2, 0.25) is 0 Å². The second-order valence-electron chi connectivity index (χ2n) is 6.73. The van der Waals surface area contributed by atoms with Crippen LogP contribution in [0.25, 0.3) is 11.1 Å². The zero-order chi connectivity index (χ0) is 19.5. The van der Waals surface area contributed by atoms with Crippen LogP contribution in [0.3, 0.4) is 0 Å². The number of anilines is 1. The Morgan fingerprint density at radius 1 is 1.07 bits per heavy atom. The topological polar surface area (TPSA) is 68.3 Å². The van der Waals surface area contributed by atoms with Gasteiger partial charge in [0.05, 0.1) is 7.11 Å². The van der Waals surface area contributed by atoms with Gasteiger partial charge >= 0.3 is 5.97 Å². The number of thiophene rings is 1. The Hall–Kier alpha value is -2.99. The number of aromatic nitrogens is 1. The highest BCUT2D eigenvalue weighted by Gasteiger charge is 2.23. The van der Waals surface area contributed by atoms with Crippen LogP contribution in [0.4, 0.5) is 5.00 Å². The maximum absolute atomic E-state index is 12.5. The van der Waals surface area contributed by atoms with E-state index in [0.717, 1.165) is 24.0 Å². The molecule has 5 nitrogen and oxygen atoms in total. The fourth-order valence-electron chi connectivity index (χ4n) is 3.55. The number of rotatable bonds is 4. The van der Waals surface area contributed by atoms with Gasteiger partial charge < -0.3 is 10.1 Å². The Kier molecular flexibility index (Phi) is 5.21. The molecule has 1 aromatic carbocycles. The molecule has 6 heteroatoms. The second kappa shape index (κ2) is 7.94. The minimum Gasteiger partial charge on any atom is -0.465 e. The molecule has 0 saturated carbocycles. The zero-order valence-electron chi connectivity index (χ0n) is 15.5. The van der Waals surface area contributed by atoms with Crippen LogP contribution in [0.5, 0.6) is 0 Å². The highest BCUT2D eigenvalue weighted by molar-refractivity contribution is 7.15. The number of benzene rings is 1. The lowest BCUT2D eigenvalue weighted by atomic mass is 9.89. The Morgan fingerprint density at radius 3 is 2.57 bits per heavy atom. The van der Waals surface area contributed by atoms with Gasteiger partial charge in [-0.25, -0.2) is 4.79 Å². The number of hydrogen-bond acceptors (Lipinski definition) is 5. The molecule has 1 aliphatic carbocycles. The summed E-state index contributed by atoms with van der Waals surface area (Å²) in [4.78, 5) is 29.0. The lowest BCUT2D eigenvalue weighted by Gasteiger charge is -2.16. The lowest BCUT2D eigenvalue weighted by molar-refractivity contribution is 0.0603. The van der Waals surface area contributed by atoms with Crippen LogP contribution in [-0.2, 0) is 17.6 Å². The third kappa shape index (κ3) is 3.55. The largest absolute Gasteiger partial charge is 0.465 e. The quantitative estimate of drug-likeness (QED) is 0.652. The van der Waals surface area contributed by atoms with Gasteiger partial charge in [-0.05, 0) is 54.5 Å². The van der Waals surface area contributed by atoms with E-state index in [1.807, 2.05) is 11.4 Å². The van der Waals surface area contributed by atoms with Gasteiger partial charge in [0.1, 0.15) is 10.6 Å². The van der Waals surface area contributed by atoms with Crippen LogP contribution < -0.4 is 5.32 Å². The fraction of sp³-hybridized carbons (Fsp3) is 0.227. The van der Waals surface area contributed by atoms with Gasteiger partial charge in [-0.1, -0.05) is 18.2 Å². The van der Waals surface area contributed by atoms with Crippen LogP contribution in [0.15, 0.2) is 48.1 Å².